The molecule has 0 aromatic carbocycles. The van der Waals surface area contributed by atoms with Crippen molar-refractivity contribution >= 4 is 40.8 Å². The zero-order valence-corrected chi connectivity index (χ0v) is 8.67. The second-order valence-electron chi connectivity index (χ2n) is 0. The van der Waals surface area contributed by atoms with Crippen LogP contribution in [0.5, 0.6) is 0 Å². The second kappa shape index (κ2) is 32.0. The van der Waals surface area contributed by atoms with Crippen molar-refractivity contribution in [2.45, 2.75) is 0 Å². The van der Waals surface area contributed by atoms with Crippen LogP contribution < -0.4 is 0 Å². The van der Waals surface area contributed by atoms with E-state index in [4.69, 9.17) is 0 Å². The van der Waals surface area contributed by atoms with Crippen molar-refractivity contribution in [1.82, 2.24) is 0 Å². The smallest absolute Gasteiger partial charge is 0.187 e. The minimum absolute atomic E-state index is 0. The van der Waals surface area contributed by atoms with E-state index >= 15 is 0 Å². The van der Waals surface area contributed by atoms with Crippen molar-refractivity contribution in [2.24, 2.45) is 0 Å². The molecule has 0 amide bonds. The van der Waals surface area contributed by atoms with Crippen molar-refractivity contribution in [3.8, 4) is 0 Å². The first-order valence-electron chi connectivity index (χ1n) is 0. The average molecular weight is 222 g/mol. The van der Waals surface area contributed by atoms with E-state index in [0.29, 0.717) is 0 Å². The van der Waals surface area contributed by atoms with Gasteiger partial charge in [0.1, 0.15) is 0 Å². The summed E-state index contributed by atoms with van der Waals surface area (Å²) in [6, 6.07) is 0. The van der Waals surface area contributed by atoms with E-state index in [0.717, 1.165) is 0 Å². The van der Waals surface area contributed by atoms with Crippen LogP contribution in [0.1, 0.15) is 0 Å². The molecular weight excluding hydrogens is 214 g/mol. The monoisotopic (exact) mass is 221 g/mol. The van der Waals surface area contributed by atoms with Gasteiger partial charge in [-0.1, -0.05) is 0 Å². The number of hydrogen-bond acceptors (Lipinski definition) is 0. The van der Waals surface area contributed by atoms with E-state index < -0.39 is 0 Å². The van der Waals surface area contributed by atoms with Gasteiger partial charge in [-0.15, -0.1) is 0 Å². The molecule has 0 N–H and O–H groups in total. The van der Waals surface area contributed by atoms with Crippen molar-refractivity contribution < 1.29 is 36.3 Å². The zero-order chi connectivity index (χ0) is 0. The second-order valence-corrected chi connectivity index (χ2v) is 0. The van der Waals surface area contributed by atoms with E-state index in [9.17, 15) is 0 Å². The maximum Gasteiger partial charge on any atom is 0.187 e. The van der Waals surface area contributed by atoms with E-state index in [1.54, 1.807) is 0 Å². The molecule has 0 aliphatic carbocycles. The normalized spacial score (nSPS) is 0. The maximum absolute atomic E-state index is 0. The number of rotatable bonds is 0. The molecule has 5 heteroatoms. The van der Waals surface area contributed by atoms with Crippen LogP contribution in [-0.4, -0.2) is 17.4 Å². The Morgan fingerprint density at radius 3 is 1.00 bits per heavy atom. The third-order valence-electron chi connectivity index (χ3n) is 0. The molecule has 0 spiro atoms. The Morgan fingerprint density at radius 1 is 1.00 bits per heavy atom. The Labute approximate surface area is 76.4 Å². The molecule has 0 nitrogen and oxygen atoms in total. The molecule has 0 saturated heterocycles. The summed E-state index contributed by atoms with van der Waals surface area (Å²) in [5.74, 6) is 0. The van der Waals surface area contributed by atoms with E-state index in [1.165, 1.54) is 0 Å². The summed E-state index contributed by atoms with van der Waals surface area (Å²) in [6.07, 6.45) is 0. The summed E-state index contributed by atoms with van der Waals surface area (Å²) in [5.41, 5.74) is 0. The van der Waals surface area contributed by atoms with E-state index in [2.05, 4.69) is 0 Å². The number of hydrogen-bond donors (Lipinski definition) is 0. The topological polar surface area (TPSA) is 0 Å². The van der Waals surface area contributed by atoms with Gasteiger partial charge in [0, 0.05) is 36.3 Å². The molecule has 1 radical (unpaired) electrons. The summed E-state index contributed by atoms with van der Waals surface area (Å²) >= 11 is 0. The summed E-state index contributed by atoms with van der Waals surface area (Å²) < 4.78 is 0. The first kappa shape index (κ1) is 51.8. The summed E-state index contributed by atoms with van der Waals surface area (Å²) in [6.45, 7) is 0. The Bertz CT molecular complexity index is 11.6. The van der Waals surface area contributed by atoms with Gasteiger partial charge >= 0.3 is 0 Å². The van der Waals surface area contributed by atoms with Crippen molar-refractivity contribution in [3.05, 3.63) is 0 Å². The van der Waals surface area contributed by atoms with Gasteiger partial charge in [0.05, 0.1) is 0 Å². The average Bonchev–Trinajstić information content (AvgIpc) is 0. The van der Waals surface area contributed by atoms with Gasteiger partial charge < -0.3 is 0 Å². The SMILES string of the molecule is P.S.[AlH3].[Co].[Zn]. The first-order valence-corrected chi connectivity index (χ1v) is 0. The molecule has 1 unspecified atom stereocenters. The fourth-order valence-electron chi connectivity index (χ4n) is 0. The Morgan fingerprint density at radius 2 is 1.00 bits per heavy atom. The Kier molecular flexibility index (Phi) is 331. The van der Waals surface area contributed by atoms with Gasteiger partial charge in [-0.05, 0) is 0 Å². The first-order chi connectivity index (χ1) is 0. The molecule has 0 fully saturated rings. The van der Waals surface area contributed by atoms with Gasteiger partial charge in [-0.3, -0.25) is 0 Å². The largest absolute Gasteiger partial charge is 0.197 e. The van der Waals surface area contributed by atoms with Gasteiger partial charge in [-0.25, -0.2) is 0 Å². The van der Waals surface area contributed by atoms with Gasteiger partial charge in [-0.2, -0.15) is 23.4 Å². The van der Waals surface area contributed by atoms with Crippen LogP contribution in [0, 0.1) is 0 Å². The summed E-state index contributed by atoms with van der Waals surface area (Å²) in [7, 11) is 0. The molecule has 0 aromatic rings. The van der Waals surface area contributed by atoms with Gasteiger partial charge in [0.25, 0.3) is 0 Å². The molecule has 33 valence electrons. The fraction of sp³-hybridized carbons (Fsp3) is 0. The minimum Gasteiger partial charge on any atom is -0.197 e. The molecule has 1 atom stereocenters. The molecule has 0 heterocycles. The maximum atomic E-state index is 0. The fourth-order valence-corrected chi connectivity index (χ4v) is 0. The van der Waals surface area contributed by atoms with Crippen LogP contribution in [0.15, 0.2) is 0 Å². The zero-order valence-electron chi connectivity index (χ0n) is 2.25. The molecular formula is H8AlCoPSZn. The Balaban J connectivity index is 0. The molecule has 5 heavy (non-hydrogen) atoms. The van der Waals surface area contributed by atoms with Crippen LogP contribution in [-0.2, 0) is 36.3 Å². The molecule has 0 aromatic heterocycles. The molecule has 0 saturated carbocycles. The van der Waals surface area contributed by atoms with Crippen LogP contribution in [0.25, 0.3) is 0 Å². The molecule has 0 bridgehead atoms. The Hall–Kier alpha value is 2.44. The third kappa shape index (κ3) is 21.3. The van der Waals surface area contributed by atoms with Crippen molar-refractivity contribution in [3.63, 3.8) is 0 Å². The molecule has 0 rings (SSSR count). The third-order valence-corrected chi connectivity index (χ3v) is 0. The summed E-state index contributed by atoms with van der Waals surface area (Å²) in [4.78, 5) is 0. The molecule has 0 aliphatic rings. The van der Waals surface area contributed by atoms with E-state index in [-0.39, 0.29) is 77.0 Å². The van der Waals surface area contributed by atoms with Gasteiger partial charge in [0.2, 0.25) is 0 Å². The van der Waals surface area contributed by atoms with Crippen molar-refractivity contribution in [2.75, 3.05) is 0 Å². The molecule has 0 aliphatic heterocycles. The van der Waals surface area contributed by atoms with Crippen LogP contribution >= 0.6 is 23.4 Å². The summed E-state index contributed by atoms with van der Waals surface area (Å²) in [5, 5.41) is 0. The quantitative estimate of drug-likeness (QED) is 0.364. The van der Waals surface area contributed by atoms with Crippen LogP contribution in [0.4, 0.5) is 0 Å². The minimum atomic E-state index is 0. The standard InChI is InChI=1S/Al.Co.H3P.H2S.Zn.3H/h;;1H3;1H2;;;;. The van der Waals surface area contributed by atoms with Crippen LogP contribution in [0.3, 0.4) is 0 Å². The van der Waals surface area contributed by atoms with Gasteiger partial charge in [0.15, 0.2) is 17.4 Å². The van der Waals surface area contributed by atoms with Crippen LogP contribution in [0.2, 0.25) is 0 Å². The predicted octanol–water partition coefficient (Wildman–Crippen LogP) is -1.02. The predicted molar refractivity (Wildman–Crippen MR) is 31.4 cm³/mol. The van der Waals surface area contributed by atoms with E-state index in [1.807, 2.05) is 0 Å². The van der Waals surface area contributed by atoms with Crippen molar-refractivity contribution in [1.29, 1.82) is 0 Å².